The number of alkyl halides is 3. The predicted molar refractivity (Wildman–Crippen MR) is 172 cm³/mol. The van der Waals surface area contributed by atoms with Crippen molar-refractivity contribution in [3.05, 3.63) is 53.6 Å². The molecule has 0 heterocycles. The summed E-state index contributed by atoms with van der Waals surface area (Å²) in [5, 5.41) is 21.7. The number of nitriles is 1. The summed E-state index contributed by atoms with van der Waals surface area (Å²) < 4.78 is 74.0. The van der Waals surface area contributed by atoms with Crippen LogP contribution in [0.5, 0.6) is 11.5 Å². The molecule has 49 heavy (non-hydrogen) atoms. The quantitative estimate of drug-likeness (QED) is 0.177. The Morgan fingerprint density at radius 3 is 1.88 bits per heavy atom. The third kappa shape index (κ3) is 10.5. The summed E-state index contributed by atoms with van der Waals surface area (Å²) >= 11 is 0. The fourth-order valence-corrected chi connectivity index (χ4v) is 7.43. The van der Waals surface area contributed by atoms with Crippen molar-refractivity contribution in [1.29, 1.82) is 5.26 Å². The van der Waals surface area contributed by atoms with Gasteiger partial charge in [0.05, 0.1) is 69.0 Å². The second-order valence-electron chi connectivity index (χ2n) is 13.5. The molecular formula is C36H45F3N2O8. The van der Waals surface area contributed by atoms with Gasteiger partial charge < -0.3 is 38.8 Å². The van der Waals surface area contributed by atoms with Crippen LogP contribution in [0, 0.1) is 29.1 Å². The van der Waals surface area contributed by atoms with Crippen LogP contribution in [0.25, 0.3) is 0 Å². The number of carbonyl (C=O) groups excluding carboxylic acids is 1. The van der Waals surface area contributed by atoms with Crippen LogP contribution in [0.2, 0.25) is 0 Å². The Kier molecular flexibility index (Phi) is 12.4. The third-order valence-corrected chi connectivity index (χ3v) is 9.39. The highest BCUT2D eigenvalue weighted by Crippen LogP contribution is 2.57. The Balaban J connectivity index is 0.876. The number of nitrogens with zero attached hydrogens (tertiary/aromatic N) is 1. The molecule has 4 saturated carbocycles. The molecule has 4 fully saturated rings. The number of nitrogens with one attached hydrogen (secondary N) is 1. The van der Waals surface area contributed by atoms with E-state index in [1.807, 2.05) is 0 Å². The Morgan fingerprint density at radius 1 is 0.837 bits per heavy atom. The molecule has 0 aliphatic heterocycles. The van der Waals surface area contributed by atoms with E-state index in [0.29, 0.717) is 70.4 Å². The van der Waals surface area contributed by atoms with Crippen molar-refractivity contribution >= 4 is 11.6 Å². The van der Waals surface area contributed by atoms with Crippen LogP contribution >= 0.6 is 0 Å². The van der Waals surface area contributed by atoms with Gasteiger partial charge in [0, 0.05) is 5.69 Å². The molecule has 4 aliphatic carbocycles. The normalized spacial score (nSPS) is 23.9. The number of anilines is 1. The maximum absolute atomic E-state index is 13.2. The summed E-state index contributed by atoms with van der Waals surface area (Å²) in [6, 6.07) is 10.7. The van der Waals surface area contributed by atoms with Gasteiger partial charge in [0.15, 0.2) is 5.60 Å². The maximum atomic E-state index is 13.2. The number of hydrogen-bond acceptors (Lipinski definition) is 9. The number of hydrogen-bond donors (Lipinski definition) is 2. The Hall–Kier alpha value is -3.41. The number of halogens is 3. The van der Waals surface area contributed by atoms with E-state index in [1.54, 1.807) is 24.3 Å². The van der Waals surface area contributed by atoms with E-state index in [-0.39, 0.29) is 11.3 Å². The summed E-state index contributed by atoms with van der Waals surface area (Å²) in [6.45, 7) is 4.49. The summed E-state index contributed by atoms with van der Waals surface area (Å²) in [5.41, 5.74) is -3.94. The van der Waals surface area contributed by atoms with Crippen LogP contribution in [0.4, 0.5) is 18.9 Å². The molecule has 1 amide bonds. The number of ether oxygens (including phenoxy) is 6. The van der Waals surface area contributed by atoms with E-state index < -0.39 is 35.4 Å². The molecule has 0 radical (unpaired) electrons. The van der Waals surface area contributed by atoms with Crippen LogP contribution in [0.1, 0.15) is 56.6 Å². The second-order valence-corrected chi connectivity index (χ2v) is 13.5. The van der Waals surface area contributed by atoms with Gasteiger partial charge in [-0.25, -0.2) is 0 Å². The lowest BCUT2D eigenvalue weighted by Crippen LogP contribution is -2.52. The van der Waals surface area contributed by atoms with Gasteiger partial charge in [-0.3, -0.25) is 4.79 Å². The zero-order valence-corrected chi connectivity index (χ0v) is 27.8. The minimum Gasteiger partial charge on any atom is -0.491 e. The highest BCUT2D eigenvalue weighted by molar-refractivity contribution is 5.97. The monoisotopic (exact) mass is 690 g/mol. The van der Waals surface area contributed by atoms with Gasteiger partial charge >= 0.3 is 6.18 Å². The zero-order valence-electron chi connectivity index (χ0n) is 27.8. The summed E-state index contributed by atoms with van der Waals surface area (Å²) in [7, 11) is 0. The maximum Gasteiger partial charge on any atom is 0.417 e. The first-order chi connectivity index (χ1) is 23.4. The minimum atomic E-state index is -4.78. The predicted octanol–water partition coefficient (Wildman–Crippen LogP) is 5.76. The molecule has 268 valence electrons. The van der Waals surface area contributed by atoms with E-state index in [1.165, 1.54) is 51.5 Å². The van der Waals surface area contributed by atoms with E-state index in [9.17, 15) is 23.1 Å². The lowest BCUT2D eigenvalue weighted by molar-refractivity contribution is -0.169. The fraction of sp³-hybridized carbons (Fsp3) is 0.611. The average Bonchev–Trinajstić information content (AvgIpc) is 3.05. The lowest BCUT2D eigenvalue weighted by atomic mass is 9.54. The molecule has 1 unspecified atom stereocenters. The largest absolute Gasteiger partial charge is 0.491 e. The van der Waals surface area contributed by atoms with Crippen LogP contribution in [0.15, 0.2) is 42.5 Å². The molecule has 2 aromatic rings. The van der Waals surface area contributed by atoms with Gasteiger partial charge in [0.2, 0.25) is 0 Å². The minimum absolute atomic E-state index is 0.121. The van der Waals surface area contributed by atoms with Crippen molar-refractivity contribution in [2.45, 2.75) is 62.8 Å². The molecule has 2 aromatic carbocycles. The SMILES string of the molecule is CC(O)(COc1ccc(OCCOCCOCCOCCOC23CC4CC(CC(C4)C2)C3)cc1)C(=O)Nc1ccc(C#N)c(C(F)(F)F)c1. The molecule has 0 aromatic heterocycles. The molecule has 6 rings (SSSR count). The van der Waals surface area contributed by atoms with E-state index in [4.69, 9.17) is 33.7 Å². The standard InChI is InChI=1S/C36H45F3N2O8/c1-34(43,33(42)41-29-3-2-28(23-40)32(19-29)36(37,38)39)24-48-31-6-4-30(5-7-31)47-14-12-45-10-8-44-9-11-46-13-15-49-35-20-25-16-26(21-35)18-27(17-25)22-35/h2-7,19,25-27,43H,8-18,20-22,24H2,1H3,(H,41,42). The Labute approximate surface area is 284 Å². The first kappa shape index (κ1) is 36.9. The summed E-state index contributed by atoms with van der Waals surface area (Å²) in [6.07, 6.45) is 3.15. The number of aliphatic hydroxyl groups is 1. The van der Waals surface area contributed by atoms with E-state index in [0.717, 1.165) is 29.9 Å². The van der Waals surface area contributed by atoms with Gasteiger partial charge in [-0.05, 0) is 106 Å². The molecule has 4 bridgehead atoms. The van der Waals surface area contributed by atoms with Gasteiger partial charge in [-0.2, -0.15) is 18.4 Å². The van der Waals surface area contributed by atoms with Crippen LogP contribution in [-0.2, 0) is 29.9 Å². The molecule has 13 heteroatoms. The van der Waals surface area contributed by atoms with Gasteiger partial charge in [-0.15, -0.1) is 0 Å². The number of carbonyl (C=O) groups is 1. The summed E-state index contributed by atoms with van der Waals surface area (Å²) in [4.78, 5) is 12.6. The molecule has 4 aliphatic rings. The number of rotatable bonds is 19. The Bertz CT molecular complexity index is 1390. The van der Waals surface area contributed by atoms with Crippen LogP contribution in [-0.4, -0.2) is 81.7 Å². The first-order valence-electron chi connectivity index (χ1n) is 16.8. The second kappa shape index (κ2) is 16.5. The molecule has 1 atom stereocenters. The average molecular weight is 691 g/mol. The first-order valence-corrected chi connectivity index (χ1v) is 16.8. The fourth-order valence-electron chi connectivity index (χ4n) is 7.43. The zero-order chi connectivity index (χ0) is 34.9. The van der Waals surface area contributed by atoms with Crippen molar-refractivity contribution in [3.63, 3.8) is 0 Å². The molecule has 0 spiro atoms. The smallest absolute Gasteiger partial charge is 0.417 e. The van der Waals surface area contributed by atoms with Crippen molar-refractivity contribution in [1.82, 2.24) is 0 Å². The Morgan fingerprint density at radius 2 is 1.35 bits per heavy atom. The van der Waals surface area contributed by atoms with Gasteiger partial charge in [0.25, 0.3) is 5.91 Å². The highest BCUT2D eigenvalue weighted by atomic mass is 19.4. The van der Waals surface area contributed by atoms with Crippen LogP contribution < -0.4 is 14.8 Å². The number of benzene rings is 2. The van der Waals surface area contributed by atoms with Crippen molar-refractivity contribution < 1.29 is 51.5 Å². The summed E-state index contributed by atoms with van der Waals surface area (Å²) in [5.74, 6) is 2.55. The van der Waals surface area contributed by atoms with E-state index in [2.05, 4.69) is 5.32 Å². The lowest BCUT2D eigenvalue weighted by Gasteiger charge is -2.56. The van der Waals surface area contributed by atoms with Crippen molar-refractivity contribution in [2.75, 3.05) is 64.8 Å². The highest BCUT2D eigenvalue weighted by Gasteiger charge is 2.51. The van der Waals surface area contributed by atoms with Gasteiger partial charge in [-0.1, -0.05) is 0 Å². The van der Waals surface area contributed by atoms with Crippen molar-refractivity contribution in [2.24, 2.45) is 17.8 Å². The molecule has 0 saturated heterocycles. The van der Waals surface area contributed by atoms with Gasteiger partial charge in [0.1, 0.15) is 24.7 Å². The van der Waals surface area contributed by atoms with E-state index >= 15 is 0 Å². The van der Waals surface area contributed by atoms with Crippen LogP contribution in [0.3, 0.4) is 0 Å². The molecule has 10 nitrogen and oxygen atoms in total. The molecular weight excluding hydrogens is 645 g/mol. The third-order valence-electron chi connectivity index (χ3n) is 9.39. The topological polar surface area (TPSA) is 128 Å². The molecule has 2 N–H and O–H groups in total. The number of amides is 1. The van der Waals surface area contributed by atoms with Crippen molar-refractivity contribution in [3.8, 4) is 17.6 Å².